The number of aryl methyl sites for hydroxylation is 1. The molecule has 5 heteroatoms. The molecular formula is C19H27N3O2. The first-order valence-corrected chi connectivity index (χ1v) is 8.37. The Labute approximate surface area is 144 Å². The minimum absolute atomic E-state index is 0.0985. The number of urea groups is 1. The van der Waals surface area contributed by atoms with Crippen molar-refractivity contribution in [1.29, 1.82) is 0 Å². The third-order valence-corrected chi connectivity index (χ3v) is 3.71. The van der Waals surface area contributed by atoms with E-state index in [2.05, 4.69) is 23.0 Å². The maximum absolute atomic E-state index is 12.3. The molecule has 0 saturated carbocycles. The molecule has 0 unspecified atom stereocenters. The van der Waals surface area contributed by atoms with E-state index >= 15 is 0 Å². The van der Waals surface area contributed by atoms with Gasteiger partial charge in [0.2, 0.25) is 0 Å². The molecule has 0 bridgehead atoms. The number of ether oxygens (including phenoxy) is 1. The van der Waals surface area contributed by atoms with Gasteiger partial charge in [-0.3, -0.25) is 0 Å². The van der Waals surface area contributed by atoms with Crippen LogP contribution in [0.1, 0.15) is 31.9 Å². The molecule has 130 valence electrons. The molecule has 1 heterocycles. The Morgan fingerprint density at radius 2 is 2.04 bits per heavy atom. The molecule has 1 N–H and O–H groups in total. The number of carbonyl (C=O) groups is 1. The van der Waals surface area contributed by atoms with Gasteiger partial charge in [0.1, 0.15) is 5.75 Å². The lowest BCUT2D eigenvalue weighted by atomic mass is 10.2. The molecule has 0 aliphatic rings. The zero-order valence-electron chi connectivity index (χ0n) is 15.0. The Morgan fingerprint density at radius 1 is 1.29 bits per heavy atom. The van der Waals surface area contributed by atoms with Crippen LogP contribution in [-0.4, -0.2) is 28.6 Å². The highest BCUT2D eigenvalue weighted by atomic mass is 16.5. The zero-order valence-corrected chi connectivity index (χ0v) is 15.0. The zero-order chi connectivity index (χ0) is 17.5. The second-order valence-corrected chi connectivity index (χ2v) is 6.14. The lowest BCUT2D eigenvalue weighted by Gasteiger charge is -2.19. The van der Waals surface area contributed by atoms with Gasteiger partial charge < -0.3 is 19.5 Å². The summed E-state index contributed by atoms with van der Waals surface area (Å²) in [5, 5.41) is 2.95. The summed E-state index contributed by atoms with van der Waals surface area (Å²) in [6, 6.07) is 9.73. The Morgan fingerprint density at radius 3 is 2.71 bits per heavy atom. The summed E-state index contributed by atoms with van der Waals surface area (Å²) in [5.74, 6) is 0.815. The van der Waals surface area contributed by atoms with E-state index < -0.39 is 0 Å². The first kappa shape index (κ1) is 17.9. The number of nitrogens with one attached hydrogen (secondary N) is 1. The highest BCUT2D eigenvalue weighted by Crippen LogP contribution is 2.19. The van der Waals surface area contributed by atoms with E-state index in [1.165, 1.54) is 0 Å². The van der Waals surface area contributed by atoms with Crippen LogP contribution in [0.5, 0.6) is 5.75 Å². The van der Waals surface area contributed by atoms with Crippen molar-refractivity contribution in [2.45, 2.75) is 46.5 Å². The van der Waals surface area contributed by atoms with Gasteiger partial charge in [-0.15, -0.1) is 0 Å². The minimum atomic E-state index is -0.0985. The number of aromatic nitrogens is 1. The molecule has 2 aromatic rings. The quantitative estimate of drug-likeness (QED) is 0.843. The van der Waals surface area contributed by atoms with Crippen LogP contribution in [0.2, 0.25) is 0 Å². The number of carbonyl (C=O) groups excluding carboxylic acids is 1. The van der Waals surface area contributed by atoms with Gasteiger partial charge in [0.25, 0.3) is 0 Å². The number of nitrogens with zero attached hydrogens (tertiary/aromatic N) is 2. The largest absolute Gasteiger partial charge is 0.491 e. The van der Waals surface area contributed by atoms with Gasteiger partial charge in [-0.05, 0) is 38.5 Å². The number of amides is 2. The van der Waals surface area contributed by atoms with Gasteiger partial charge in [-0.2, -0.15) is 0 Å². The van der Waals surface area contributed by atoms with E-state index in [4.69, 9.17) is 4.74 Å². The predicted octanol–water partition coefficient (Wildman–Crippen LogP) is 3.64. The Hall–Kier alpha value is -2.43. The van der Waals surface area contributed by atoms with Crippen LogP contribution in [0.4, 0.5) is 4.79 Å². The lowest BCUT2D eigenvalue weighted by Crippen LogP contribution is -2.36. The SMILES string of the molecule is CCn1ccc(CN(C)C(=O)NCc2ccccc2OC(C)C)c1. The summed E-state index contributed by atoms with van der Waals surface area (Å²) < 4.78 is 7.88. The van der Waals surface area contributed by atoms with Gasteiger partial charge in [0, 0.05) is 44.6 Å². The van der Waals surface area contributed by atoms with Crippen molar-refractivity contribution in [3.8, 4) is 5.75 Å². The van der Waals surface area contributed by atoms with Crippen molar-refractivity contribution in [3.05, 3.63) is 53.9 Å². The van der Waals surface area contributed by atoms with Crippen molar-refractivity contribution < 1.29 is 9.53 Å². The number of benzene rings is 1. The number of hydrogen-bond acceptors (Lipinski definition) is 2. The van der Waals surface area contributed by atoms with Crippen molar-refractivity contribution in [2.75, 3.05) is 7.05 Å². The van der Waals surface area contributed by atoms with Gasteiger partial charge >= 0.3 is 6.03 Å². The molecule has 0 atom stereocenters. The van der Waals surface area contributed by atoms with Gasteiger partial charge in [0.15, 0.2) is 0 Å². The summed E-state index contributed by atoms with van der Waals surface area (Å²) in [6.45, 7) is 8.04. The topological polar surface area (TPSA) is 46.5 Å². The number of para-hydroxylation sites is 1. The summed E-state index contributed by atoms with van der Waals surface area (Å²) >= 11 is 0. The highest BCUT2D eigenvalue weighted by Gasteiger charge is 2.11. The van der Waals surface area contributed by atoms with E-state index in [1.807, 2.05) is 50.4 Å². The molecule has 0 fully saturated rings. The van der Waals surface area contributed by atoms with Crippen LogP contribution < -0.4 is 10.1 Å². The molecule has 1 aromatic heterocycles. The molecule has 0 aliphatic heterocycles. The average molecular weight is 329 g/mol. The fraction of sp³-hybridized carbons (Fsp3) is 0.421. The molecule has 0 radical (unpaired) electrons. The summed E-state index contributed by atoms with van der Waals surface area (Å²) in [7, 11) is 1.80. The molecule has 2 rings (SSSR count). The molecule has 5 nitrogen and oxygen atoms in total. The molecule has 0 saturated heterocycles. The normalized spacial score (nSPS) is 10.7. The Bertz CT molecular complexity index is 664. The van der Waals surface area contributed by atoms with Crippen LogP contribution in [0.3, 0.4) is 0 Å². The van der Waals surface area contributed by atoms with Crippen LogP contribution in [0.25, 0.3) is 0 Å². The third kappa shape index (κ3) is 5.05. The van der Waals surface area contributed by atoms with E-state index in [0.29, 0.717) is 13.1 Å². The highest BCUT2D eigenvalue weighted by molar-refractivity contribution is 5.73. The van der Waals surface area contributed by atoms with E-state index in [9.17, 15) is 4.79 Å². The summed E-state index contributed by atoms with van der Waals surface area (Å²) in [6.07, 6.45) is 4.20. The number of rotatable bonds is 7. The number of hydrogen-bond donors (Lipinski definition) is 1. The molecular weight excluding hydrogens is 302 g/mol. The second kappa shape index (κ2) is 8.43. The van der Waals surface area contributed by atoms with Crippen LogP contribution >= 0.6 is 0 Å². The first-order valence-electron chi connectivity index (χ1n) is 8.37. The van der Waals surface area contributed by atoms with Crippen molar-refractivity contribution in [3.63, 3.8) is 0 Å². The fourth-order valence-electron chi connectivity index (χ4n) is 2.45. The smallest absolute Gasteiger partial charge is 0.317 e. The van der Waals surface area contributed by atoms with Crippen molar-refractivity contribution in [2.24, 2.45) is 0 Å². The standard InChI is InChI=1S/C19H27N3O2/c1-5-22-11-10-16(14-22)13-21(4)19(23)20-12-17-8-6-7-9-18(17)24-15(2)3/h6-11,14-15H,5,12-13H2,1-4H3,(H,20,23). The van der Waals surface area contributed by atoms with Gasteiger partial charge in [0.05, 0.1) is 6.10 Å². The van der Waals surface area contributed by atoms with E-state index in [1.54, 1.807) is 11.9 Å². The second-order valence-electron chi connectivity index (χ2n) is 6.14. The minimum Gasteiger partial charge on any atom is -0.491 e. The Balaban J connectivity index is 1.90. The maximum Gasteiger partial charge on any atom is 0.317 e. The summed E-state index contributed by atoms with van der Waals surface area (Å²) in [5.41, 5.74) is 2.10. The summed E-state index contributed by atoms with van der Waals surface area (Å²) in [4.78, 5) is 14.0. The maximum atomic E-state index is 12.3. The van der Waals surface area contributed by atoms with E-state index in [0.717, 1.165) is 23.4 Å². The van der Waals surface area contributed by atoms with Crippen molar-refractivity contribution in [1.82, 2.24) is 14.8 Å². The first-order chi connectivity index (χ1) is 11.5. The molecule has 0 spiro atoms. The monoisotopic (exact) mass is 329 g/mol. The lowest BCUT2D eigenvalue weighted by molar-refractivity contribution is 0.206. The van der Waals surface area contributed by atoms with Crippen molar-refractivity contribution >= 4 is 6.03 Å². The average Bonchev–Trinajstić information content (AvgIpc) is 3.00. The fourth-order valence-corrected chi connectivity index (χ4v) is 2.45. The molecule has 24 heavy (non-hydrogen) atoms. The predicted molar refractivity (Wildman–Crippen MR) is 96.0 cm³/mol. The molecule has 2 amide bonds. The third-order valence-electron chi connectivity index (χ3n) is 3.71. The van der Waals surface area contributed by atoms with Crippen LogP contribution in [0.15, 0.2) is 42.7 Å². The van der Waals surface area contributed by atoms with Crippen LogP contribution in [0, 0.1) is 0 Å². The van der Waals surface area contributed by atoms with Gasteiger partial charge in [-0.25, -0.2) is 4.79 Å². The van der Waals surface area contributed by atoms with Crippen LogP contribution in [-0.2, 0) is 19.6 Å². The molecule has 0 aliphatic carbocycles. The van der Waals surface area contributed by atoms with Gasteiger partial charge in [-0.1, -0.05) is 18.2 Å². The van der Waals surface area contributed by atoms with E-state index in [-0.39, 0.29) is 12.1 Å². The molecule has 1 aromatic carbocycles. The Kier molecular flexibility index (Phi) is 6.29.